The van der Waals surface area contributed by atoms with Crippen molar-refractivity contribution in [2.75, 3.05) is 6.61 Å². The van der Waals surface area contributed by atoms with Gasteiger partial charge in [0.25, 0.3) is 5.91 Å². The molecule has 22 heavy (non-hydrogen) atoms. The maximum atomic E-state index is 12.0. The minimum absolute atomic E-state index is 0.0504. The molecule has 1 amide bonds. The summed E-state index contributed by atoms with van der Waals surface area (Å²) in [6.45, 7) is 4.14. The van der Waals surface area contributed by atoms with Crippen molar-refractivity contribution in [3.8, 4) is 5.75 Å². The molecule has 2 N–H and O–H groups in total. The van der Waals surface area contributed by atoms with Gasteiger partial charge in [0.1, 0.15) is 5.75 Å². The van der Waals surface area contributed by atoms with Crippen molar-refractivity contribution in [1.29, 1.82) is 0 Å². The van der Waals surface area contributed by atoms with Crippen molar-refractivity contribution in [3.05, 3.63) is 46.8 Å². The van der Waals surface area contributed by atoms with Crippen LogP contribution in [0.1, 0.15) is 28.8 Å². The van der Waals surface area contributed by atoms with Crippen LogP contribution >= 0.6 is 0 Å². The van der Waals surface area contributed by atoms with E-state index in [0.29, 0.717) is 0 Å². The highest BCUT2D eigenvalue weighted by Gasteiger charge is 2.21. The molecule has 1 aliphatic rings. The largest absolute Gasteiger partial charge is 0.484 e. The van der Waals surface area contributed by atoms with Crippen molar-refractivity contribution in [2.24, 2.45) is 0 Å². The molecule has 0 bridgehead atoms. The molecule has 1 aromatic carbocycles. The first-order chi connectivity index (χ1) is 10.6. The molecule has 3 rings (SSSR count). The van der Waals surface area contributed by atoms with Gasteiger partial charge in [0.05, 0.1) is 6.20 Å². The third-order valence-electron chi connectivity index (χ3n) is 4.23. The van der Waals surface area contributed by atoms with Gasteiger partial charge in [-0.05, 0) is 55.5 Å². The summed E-state index contributed by atoms with van der Waals surface area (Å²) in [5.41, 5.74) is 4.77. The Balaban J connectivity index is 1.50. The molecule has 1 aliphatic carbocycles. The summed E-state index contributed by atoms with van der Waals surface area (Å²) in [7, 11) is 0. The van der Waals surface area contributed by atoms with Crippen LogP contribution in [0.15, 0.2) is 24.4 Å². The van der Waals surface area contributed by atoms with Gasteiger partial charge < -0.3 is 10.1 Å². The second kappa shape index (κ2) is 6.22. The van der Waals surface area contributed by atoms with Gasteiger partial charge in [-0.3, -0.25) is 9.89 Å². The first-order valence-corrected chi connectivity index (χ1v) is 7.62. The lowest BCUT2D eigenvalue weighted by Crippen LogP contribution is -2.41. The Labute approximate surface area is 130 Å². The molecule has 0 radical (unpaired) electrons. The fourth-order valence-electron chi connectivity index (χ4n) is 2.75. The SMILES string of the molecule is Cc1ccc(OCC(=O)NC2CCc3cn[nH]c3C2)cc1C. The van der Waals surface area contributed by atoms with Gasteiger partial charge in [0, 0.05) is 18.2 Å². The third kappa shape index (κ3) is 3.30. The lowest BCUT2D eigenvalue weighted by molar-refractivity contribution is -0.123. The van der Waals surface area contributed by atoms with E-state index in [-0.39, 0.29) is 18.6 Å². The lowest BCUT2D eigenvalue weighted by Gasteiger charge is -2.22. The second-order valence-corrected chi connectivity index (χ2v) is 5.92. The number of hydrogen-bond acceptors (Lipinski definition) is 3. The van der Waals surface area contributed by atoms with Crippen molar-refractivity contribution in [3.63, 3.8) is 0 Å². The van der Waals surface area contributed by atoms with Crippen LogP contribution in [0.5, 0.6) is 5.75 Å². The Morgan fingerprint density at radius 2 is 2.27 bits per heavy atom. The topological polar surface area (TPSA) is 67.0 Å². The molecule has 1 aromatic heterocycles. The number of rotatable bonds is 4. The average Bonchev–Trinajstić information content (AvgIpc) is 2.96. The summed E-state index contributed by atoms with van der Waals surface area (Å²) < 4.78 is 5.57. The van der Waals surface area contributed by atoms with E-state index in [2.05, 4.69) is 22.4 Å². The standard InChI is InChI=1S/C17H21N3O2/c1-11-3-6-15(7-12(11)2)22-10-17(21)19-14-5-4-13-9-18-20-16(13)8-14/h3,6-7,9,14H,4-5,8,10H2,1-2H3,(H,18,20)(H,19,21). The minimum Gasteiger partial charge on any atom is -0.484 e. The third-order valence-corrected chi connectivity index (χ3v) is 4.23. The van der Waals surface area contributed by atoms with Gasteiger partial charge in [-0.1, -0.05) is 6.07 Å². The number of nitrogens with one attached hydrogen (secondary N) is 2. The number of amides is 1. The molecule has 0 spiro atoms. The number of nitrogens with zero attached hydrogens (tertiary/aromatic N) is 1. The minimum atomic E-state index is -0.0776. The Kier molecular flexibility index (Phi) is 4.13. The summed E-state index contributed by atoms with van der Waals surface area (Å²) in [5.74, 6) is 0.656. The first-order valence-electron chi connectivity index (χ1n) is 7.62. The maximum Gasteiger partial charge on any atom is 0.258 e. The van der Waals surface area contributed by atoms with Gasteiger partial charge in [0.15, 0.2) is 6.61 Å². The summed E-state index contributed by atoms with van der Waals surface area (Å²) in [6.07, 6.45) is 4.58. The normalized spacial score (nSPS) is 16.9. The maximum absolute atomic E-state index is 12.0. The fourth-order valence-corrected chi connectivity index (χ4v) is 2.75. The number of ether oxygens (including phenoxy) is 1. The molecule has 0 saturated heterocycles. The van der Waals surface area contributed by atoms with Crippen molar-refractivity contribution >= 4 is 5.91 Å². The summed E-state index contributed by atoms with van der Waals surface area (Å²) in [5, 5.41) is 10.1. The summed E-state index contributed by atoms with van der Waals surface area (Å²) >= 11 is 0. The highest BCUT2D eigenvalue weighted by molar-refractivity contribution is 5.77. The van der Waals surface area contributed by atoms with Gasteiger partial charge in [-0.2, -0.15) is 5.10 Å². The highest BCUT2D eigenvalue weighted by Crippen LogP contribution is 2.19. The van der Waals surface area contributed by atoms with Crippen LogP contribution in [-0.4, -0.2) is 28.8 Å². The first kappa shape index (κ1) is 14.6. The van der Waals surface area contributed by atoms with Gasteiger partial charge in [-0.25, -0.2) is 0 Å². The molecule has 5 nitrogen and oxygen atoms in total. The predicted octanol–water partition coefficient (Wildman–Crippen LogP) is 2.08. The van der Waals surface area contributed by atoms with E-state index in [1.807, 2.05) is 31.3 Å². The van der Waals surface area contributed by atoms with Crippen LogP contribution in [0, 0.1) is 13.8 Å². The molecular weight excluding hydrogens is 278 g/mol. The number of fused-ring (bicyclic) bond motifs is 1. The number of benzene rings is 1. The molecule has 0 fully saturated rings. The monoisotopic (exact) mass is 299 g/mol. The molecule has 0 saturated carbocycles. The number of H-pyrrole nitrogens is 1. The zero-order valence-corrected chi connectivity index (χ0v) is 13.0. The molecule has 116 valence electrons. The van der Waals surface area contributed by atoms with E-state index in [4.69, 9.17) is 4.74 Å². The summed E-state index contributed by atoms with van der Waals surface area (Å²) in [4.78, 5) is 12.0. The molecule has 1 heterocycles. The zero-order valence-electron chi connectivity index (χ0n) is 13.0. The fraction of sp³-hybridized carbons (Fsp3) is 0.412. The van der Waals surface area contributed by atoms with Crippen molar-refractivity contribution in [2.45, 2.75) is 39.2 Å². The smallest absolute Gasteiger partial charge is 0.258 e. The van der Waals surface area contributed by atoms with Crippen LogP contribution in [0.4, 0.5) is 0 Å². The Morgan fingerprint density at radius 1 is 1.41 bits per heavy atom. The van der Waals surface area contributed by atoms with Crippen LogP contribution in [0.2, 0.25) is 0 Å². The van der Waals surface area contributed by atoms with E-state index >= 15 is 0 Å². The van der Waals surface area contributed by atoms with E-state index in [1.165, 1.54) is 11.1 Å². The van der Waals surface area contributed by atoms with Crippen LogP contribution in [0.25, 0.3) is 0 Å². The lowest BCUT2D eigenvalue weighted by atomic mass is 9.94. The molecule has 2 aromatic rings. The van der Waals surface area contributed by atoms with E-state index in [9.17, 15) is 4.79 Å². The number of aromatic nitrogens is 2. The summed E-state index contributed by atoms with van der Waals surface area (Å²) in [6, 6.07) is 6.01. The molecule has 5 heteroatoms. The number of hydrogen-bond donors (Lipinski definition) is 2. The Hall–Kier alpha value is -2.30. The number of aromatic amines is 1. The van der Waals surface area contributed by atoms with E-state index < -0.39 is 0 Å². The quantitative estimate of drug-likeness (QED) is 0.908. The van der Waals surface area contributed by atoms with Gasteiger partial charge in [0.2, 0.25) is 0 Å². The molecule has 1 atom stereocenters. The predicted molar refractivity (Wildman–Crippen MR) is 84.0 cm³/mol. The molecule has 0 aliphatic heterocycles. The van der Waals surface area contributed by atoms with Gasteiger partial charge in [-0.15, -0.1) is 0 Å². The zero-order chi connectivity index (χ0) is 15.5. The van der Waals surface area contributed by atoms with Crippen LogP contribution in [-0.2, 0) is 17.6 Å². The van der Waals surface area contributed by atoms with E-state index in [1.54, 1.807) is 0 Å². The average molecular weight is 299 g/mol. The van der Waals surface area contributed by atoms with Crippen LogP contribution in [0.3, 0.4) is 0 Å². The van der Waals surface area contributed by atoms with E-state index in [0.717, 1.165) is 36.3 Å². The molecule has 1 unspecified atom stereocenters. The number of carbonyl (C=O) groups excluding carboxylic acids is 1. The van der Waals surface area contributed by atoms with Crippen molar-refractivity contribution < 1.29 is 9.53 Å². The van der Waals surface area contributed by atoms with Crippen molar-refractivity contribution in [1.82, 2.24) is 15.5 Å². The van der Waals surface area contributed by atoms with Gasteiger partial charge >= 0.3 is 0 Å². The van der Waals surface area contributed by atoms with Crippen LogP contribution < -0.4 is 10.1 Å². The molecular formula is C17H21N3O2. The Bertz CT molecular complexity index is 678. The number of aryl methyl sites for hydroxylation is 3. The highest BCUT2D eigenvalue weighted by atomic mass is 16.5. The second-order valence-electron chi connectivity index (χ2n) is 5.92. The number of carbonyl (C=O) groups is 1. The Morgan fingerprint density at radius 3 is 3.09 bits per heavy atom.